The van der Waals surface area contributed by atoms with Gasteiger partial charge in [0.15, 0.2) is 0 Å². The number of benzene rings is 2. The third-order valence-corrected chi connectivity index (χ3v) is 29.0. The van der Waals surface area contributed by atoms with E-state index in [9.17, 15) is 0 Å². The van der Waals surface area contributed by atoms with Crippen LogP contribution in [0, 0.1) is 3.63 Å². The molecule has 2 nitrogen and oxygen atoms in total. The van der Waals surface area contributed by atoms with Crippen LogP contribution in [0.2, 0.25) is 4.64 Å². The maximum absolute atomic E-state index is 17.3. The minimum atomic E-state index is -9.31. The second kappa shape index (κ2) is 10.5. The molecule has 234 valence electrons. The van der Waals surface area contributed by atoms with E-state index in [1.165, 1.54) is 24.3 Å². The molecular weight excluding hydrogens is 723 g/mol. The molecule has 41 heavy (non-hydrogen) atoms. The van der Waals surface area contributed by atoms with Gasteiger partial charge in [-0.15, -0.1) is 0 Å². The van der Waals surface area contributed by atoms with E-state index < -0.39 is 62.3 Å². The molecule has 3 aromatic rings. The number of H-pyrrole nitrogens is 2. The number of hydrogen-bond acceptors (Lipinski definition) is 0. The van der Waals surface area contributed by atoms with Crippen molar-refractivity contribution < 1.29 is 40.4 Å². The van der Waals surface area contributed by atoms with Crippen LogP contribution in [0.5, 0.6) is 0 Å². The number of alkyl halides is 6. The first kappa shape index (κ1) is 33.2. The average Bonchev–Trinajstić information content (AvgIpc) is 3.41. The summed E-state index contributed by atoms with van der Waals surface area (Å²) in [5.41, 5.74) is 0.183. The molecule has 0 radical (unpaired) electrons. The Morgan fingerprint density at radius 3 is 1.15 bits per heavy atom. The van der Waals surface area contributed by atoms with Crippen LogP contribution in [0.4, 0.5) is 26.3 Å². The molecule has 0 amide bonds. The monoisotopic (exact) mass is 766 g/mol. The third-order valence-electron chi connectivity index (χ3n) is 7.54. The van der Waals surface area contributed by atoms with E-state index in [4.69, 9.17) is 0 Å². The molecule has 0 bridgehead atoms. The van der Waals surface area contributed by atoms with E-state index in [2.05, 4.69) is 16.5 Å². The summed E-state index contributed by atoms with van der Waals surface area (Å²) >= 11 is -9.31. The van der Waals surface area contributed by atoms with E-state index in [1.807, 2.05) is 0 Å². The summed E-state index contributed by atoms with van der Waals surface area (Å²) in [6, 6.07) is 8.95. The van der Waals surface area contributed by atoms with Gasteiger partial charge in [-0.3, -0.25) is 0 Å². The van der Waals surface area contributed by atoms with Gasteiger partial charge in [-0.2, -0.15) is 0 Å². The summed E-state index contributed by atoms with van der Waals surface area (Å²) in [4.78, 5) is 5.11. The number of hydrogen-bond donors (Lipinski definition) is 2. The Kier molecular flexibility index (Phi) is 8.47. The van der Waals surface area contributed by atoms with E-state index in [0.717, 1.165) is 18.5 Å². The van der Waals surface area contributed by atoms with E-state index in [0.29, 0.717) is 0 Å². The predicted molar refractivity (Wildman–Crippen MR) is 154 cm³/mol. The van der Waals surface area contributed by atoms with Crippen LogP contribution in [0.3, 0.4) is 0 Å². The number of aromatic nitrogens is 2. The van der Waals surface area contributed by atoms with Gasteiger partial charge in [-0.1, -0.05) is 0 Å². The Morgan fingerprint density at radius 2 is 0.927 bits per heavy atom. The standard InChI is InChI=1S/2C12H17.C3H4N2.C3H5.2CF3.Au/c2*1-9(2)11-6-5-7-12(8-11)10(3)4;1-2-5-3-4-1;1-3-2;2*2-1(3)4;/h2*5-7,9-10H,1-4H3;1-2,4-5H;3H,1-2H2;;;. The first-order chi connectivity index (χ1) is 18.8. The van der Waals surface area contributed by atoms with Gasteiger partial charge in [0, 0.05) is 0 Å². The molecule has 2 N–H and O–H groups in total. The molecule has 0 aliphatic rings. The number of halogens is 6. The minimum absolute atomic E-state index is 0.0459. The van der Waals surface area contributed by atoms with Crippen LogP contribution >= 0.6 is 0 Å². The molecule has 0 atom stereocenters. The van der Waals surface area contributed by atoms with Crippen LogP contribution in [-0.2, 0) is 14.0 Å². The van der Waals surface area contributed by atoms with Crippen LogP contribution < -0.4 is 7.56 Å². The van der Waals surface area contributed by atoms with Gasteiger partial charge in [0.25, 0.3) is 0 Å². The molecular formula is C32H43AuF6N2. The van der Waals surface area contributed by atoms with E-state index >= 15 is 26.3 Å². The molecule has 2 aromatic carbocycles. The molecule has 0 aliphatic heterocycles. The van der Waals surface area contributed by atoms with Crippen molar-refractivity contribution in [3.05, 3.63) is 87.3 Å². The third kappa shape index (κ3) is 3.65. The van der Waals surface area contributed by atoms with Crippen molar-refractivity contribution in [2.24, 2.45) is 0 Å². The van der Waals surface area contributed by atoms with Gasteiger partial charge in [-0.25, -0.2) is 0 Å². The Bertz CT molecular complexity index is 1400. The van der Waals surface area contributed by atoms with Crippen molar-refractivity contribution >= 4 is 7.56 Å². The summed E-state index contributed by atoms with van der Waals surface area (Å²) in [6.45, 7) is 16.9. The SMILES string of the molecule is C=C[CH2][Au]([c]1c(C(C)C)cccc1C(C)C)([c]1c(C(C)C)cccc1C(C)C)(=[c]1[nH]cc[nH]1)([C](F)(F)F)[C](F)(F)F. The van der Waals surface area contributed by atoms with E-state index in [1.54, 1.807) is 67.5 Å². The van der Waals surface area contributed by atoms with Gasteiger partial charge in [0.05, 0.1) is 0 Å². The Hall–Kier alpha value is -2.29. The predicted octanol–water partition coefficient (Wildman–Crippen LogP) is 9.89. The number of rotatable bonds is 8. The number of nitrogens with one attached hydrogen (secondary N) is 2. The van der Waals surface area contributed by atoms with Crippen molar-refractivity contribution in [2.45, 2.75) is 92.5 Å². The number of imidazole rings is 1. The number of allylic oxidation sites excluding steroid dienone is 1. The summed E-state index contributed by atoms with van der Waals surface area (Å²) in [5.74, 6) is -2.56. The fourth-order valence-electron chi connectivity index (χ4n) is 5.62. The number of aromatic amines is 2. The van der Waals surface area contributed by atoms with Gasteiger partial charge in [0.2, 0.25) is 0 Å². The van der Waals surface area contributed by atoms with Crippen LogP contribution in [0.1, 0.15) is 101 Å². The van der Waals surface area contributed by atoms with Crippen molar-refractivity contribution in [2.75, 3.05) is 0 Å². The van der Waals surface area contributed by atoms with Crippen LogP contribution in [-0.4, -0.2) is 18.8 Å². The fourth-order valence-corrected chi connectivity index (χ4v) is 27.6. The second-order valence-electron chi connectivity index (χ2n) is 11.4. The van der Waals surface area contributed by atoms with Crippen molar-refractivity contribution in [3.63, 3.8) is 0 Å². The zero-order chi connectivity index (χ0) is 31.2. The zero-order valence-electron chi connectivity index (χ0n) is 25.0. The second-order valence-corrected chi connectivity index (χ2v) is 27.2. The van der Waals surface area contributed by atoms with Gasteiger partial charge in [0.1, 0.15) is 0 Å². The quantitative estimate of drug-likeness (QED) is 0.130. The maximum atomic E-state index is 17.3. The Balaban J connectivity index is 3.37. The van der Waals surface area contributed by atoms with Crippen LogP contribution in [0.15, 0.2) is 61.4 Å². The topological polar surface area (TPSA) is 31.6 Å². The molecule has 0 unspecified atom stereocenters. The first-order valence-electron chi connectivity index (χ1n) is 13.6. The van der Waals surface area contributed by atoms with Crippen LogP contribution in [0.25, 0.3) is 0 Å². The molecule has 1 aromatic heterocycles. The summed E-state index contributed by atoms with van der Waals surface area (Å²) < 4.78 is 88.9. The molecule has 0 aliphatic carbocycles. The molecule has 1 heterocycles. The van der Waals surface area contributed by atoms with Crippen molar-refractivity contribution in [3.8, 4) is 0 Å². The summed E-state index contributed by atoms with van der Waals surface area (Å²) in [7, 11) is 0. The molecule has 0 saturated carbocycles. The Labute approximate surface area is 237 Å². The molecule has 0 spiro atoms. The molecule has 9 heteroatoms. The van der Waals surface area contributed by atoms with Gasteiger partial charge in [-0.05, 0) is 0 Å². The summed E-state index contributed by atoms with van der Waals surface area (Å²) in [5, 5.41) is 0. The Morgan fingerprint density at radius 1 is 0.634 bits per heavy atom. The molecule has 0 saturated heterocycles. The summed E-state index contributed by atoms with van der Waals surface area (Å²) in [6.07, 6.45) is 3.13. The molecule has 3 rings (SSSR count). The fraction of sp³-hybridized carbons (Fsp3) is 0.469. The van der Waals surface area contributed by atoms with Gasteiger partial charge < -0.3 is 0 Å². The van der Waals surface area contributed by atoms with E-state index in [-0.39, 0.29) is 22.3 Å². The van der Waals surface area contributed by atoms with Crippen molar-refractivity contribution in [1.82, 2.24) is 9.97 Å². The zero-order valence-corrected chi connectivity index (χ0v) is 27.2. The van der Waals surface area contributed by atoms with Crippen molar-refractivity contribution in [1.29, 1.82) is 0 Å². The molecule has 0 fully saturated rings. The average molecular weight is 767 g/mol. The normalized spacial score (nSPS) is 15.1. The first-order valence-corrected chi connectivity index (χ1v) is 20.5. The van der Waals surface area contributed by atoms with Gasteiger partial charge >= 0.3 is 238 Å².